The van der Waals surface area contributed by atoms with Gasteiger partial charge in [-0.05, 0) is 65.7 Å². The molecule has 0 bridgehead atoms. The lowest BCUT2D eigenvalue weighted by molar-refractivity contribution is -0.140. The molecule has 0 aliphatic rings. The van der Waals surface area contributed by atoms with E-state index in [1.54, 1.807) is 0 Å². The molecule has 4 aromatic rings. The lowest BCUT2D eigenvalue weighted by Gasteiger charge is -2.36. The number of rotatable bonds is 6. The molecule has 13 heteroatoms. The Morgan fingerprint density at radius 1 is 0.780 bits per heavy atom. The summed E-state index contributed by atoms with van der Waals surface area (Å²) in [5, 5.41) is 2.40. The van der Waals surface area contributed by atoms with Gasteiger partial charge in [0.1, 0.15) is 23.0 Å². The molecule has 1 atom stereocenters. The van der Waals surface area contributed by atoms with Crippen LogP contribution in [0.1, 0.15) is 38.3 Å². The number of carbonyl (C=O) groups is 1. The van der Waals surface area contributed by atoms with Crippen molar-refractivity contribution in [1.29, 1.82) is 0 Å². The quantitative estimate of drug-likeness (QED) is 0.227. The first-order chi connectivity index (χ1) is 19.1. The number of amides is 1. The Bertz CT molecular complexity index is 1590. The molecule has 3 aromatic carbocycles. The summed E-state index contributed by atoms with van der Waals surface area (Å²) < 4.78 is 125. The average molecular weight is 603 g/mol. The van der Waals surface area contributed by atoms with Gasteiger partial charge in [-0.3, -0.25) is 9.78 Å². The number of pyridine rings is 1. The molecule has 0 radical (unpaired) electrons. The highest BCUT2D eigenvalue weighted by Crippen LogP contribution is 2.39. The first-order valence-electron chi connectivity index (χ1n) is 11.5. The van der Waals surface area contributed by atoms with Crippen LogP contribution < -0.4 is 5.32 Å². The lowest BCUT2D eigenvalue weighted by Crippen LogP contribution is -2.49. The third kappa shape index (κ3) is 6.48. The predicted molar refractivity (Wildman–Crippen MR) is 130 cm³/mol. The van der Waals surface area contributed by atoms with Crippen LogP contribution in [-0.2, 0) is 24.3 Å². The number of aromatic nitrogens is 1. The van der Waals surface area contributed by atoms with Crippen LogP contribution in [0.5, 0.6) is 0 Å². The maximum atomic E-state index is 14.9. The summed E-state index contributed by atoms with van der Waals surface area (Å²) in [6.07, 6.45) is -9.86. The number of halogens is 10. The van der Waals surface area contributed by atoms with Crippen LogP contribution in [0.3, 0.4) is 0 Å². The van der Waals surface area contributed by atoms with Crippen molar-refractivity contribution in [3.05, 3.63) is 135 Å². The smallest absolute Gasteiger partial charge is 0.337 e. The van der Waals surface area contributed by atoms with E-state index in [1.165, 1.54) is 30.3 Å². The molecule has 3 nitrogen and oxygen atoms in total. The molecule has 0 aliphatic carbocycles. The van der Waals surface area contributed by atoms with Crippen molar-refractivity contribution in [2.75, 3.05) is 0 Å². The van der Waals surface area contributed by atoms with Gasteiger partial charge in [0.15, 0.2) is 0 Å². The zero-order chi connectivity index (χ0) is 30.2. The minimum atomic E-state index is -5.19. The van der Waals surface area contributed by atoms with Crippen LogP contribution in [0.25, 0.3) is 0 Å². The monoisotopic (exact) mass is 602 g/mol. The van der Waals surface area contributed by atoms with Gasteiger partial charge in [-0.2, -0.15) is 26.3 Å². The molecule has 1 aromatic heterocycles. The van der Waals surface area contributed by atoms with Crippen molar-refractivity contribution in [3.63, 3.8) is 0 Å². The van der Waals surface area contributed by atoms with E-state index in [4.69, 9.17) is 11.6 Å². The van der Waals surface area contributed by atoms with E-state index in [0.29, 0.717) is 18.2 Å². The van der Waals surface area contributed by atoms with E-state index in [0.717, 1.165) is 18.3 Å². The second kappa shape index (κ2) is 11.1. The highest BCUT2D eigenvalue weighted by atomic mass is 35.5. The van der Waals surface area contributed by atoms with E-state index in [9.17, 15) is 44.3 Å². The molecular formula is C28H16ClF9N2O. The number of carbonyl (C=O) groups excluding carboxylic acids is 1. The van der Waals surface area contributed by atoms with Crippen molar-refractivity contribution in [2.24, 2.45) is 0 Å². The van der Waals surface area contributed by atoms with Crippen LogP contribution in [0.4, 0.5) is 39.5 Å². The predicted octanol–water partition coefficient (Wildman–Crippen LogP) is 8.11. The number of hydrogen-bond donors (Lipinski definition) is 1. The maximum absolute atomic E-state index is 14.9. The summed E-state index contributed by atoms with van der Waals surface area (Å²) >= 11 is 5.92. The van der Waals surface area contributed by atoms with Gasteiger partial charge in [-0.15, -0.1) is 0 Å². The molecule has 1 N–H and O–H groups in total. The standard InChI is InChI=1S/C28H16ClF9N2O/c29-19-6-8-24(39-14-19)26(13-16-3-1-2-4-22(16)31,17-10-18(27(33,34)35)12-20(30)11-17)40-25(41)15-5-7-23(32)21(9-15)28(36,37)38/h1-12,14H,13H2,(H,40,41)/t26-/m1/s1. The van der Waals surface area contributed by atoms with E-state index in [2.05, 4.69) is 10.3 Å². The average Bonchev–Trinajstić information content (AvgIpc) is 2.88. The fourth-order valence-electron chi connectivity index (χ4n) is 4.23. The zero-order valence-electron chi connectivity index (χ0n) is 20.3. The van der Waals surface area contributed by atoms with E-state index in [1.807, 2.05) is 0 Å². The van der Waals surface area contributed by atoms with Gasteiger partial charge in [0.25, 0.3) is 5.91 Å². The zero-order valence-corrected chi connectivity index (χ0v) is 21.1. The Morgan fingerprint density at radius 3 is 2.07 bits per heavy atom. The van der Waals surface area contributed by atoms with Crippen molar-refractivity contribution >= 4 is 17.5 Å². The van der Waals surface area contributed by atoms with Crippen LogP contribution in [0.15, 0.2) is 79.0 Å². The van der Waals surface area contributed by atoms with E-state index in [-0.39, 0.29) is 28.4 Å². The molecular weight excluding hydrogens is 587 g/mol. The van der Waals surface area contributed by atoms with E-state index < -0.39 is 69.9 Å². The lowest BCUT2D eigenvalue weighted by atomic mass is 9.79. The Hall–Kier alpha value is -4.06. The minimum absolute atomic E-state index is 0.0587. The molecule has 41 heavy (non-hydrogen) atoms. The topological polar surface area (TPSA) is 42.0 Å². The highest BCUT2D eigenvalue weighted by molar-refractivity contribution is 6.30. The summed E-state index contributed by atoms with van der Waals surface area (Å²) in [7, 11) is 0. The SMILES string of the molecule is O=C(N[C@](Cc1ccccc1F)(c1cc(F)cc(C(F)(F)F)c1)c1ccc(Cl)cn1)c1ccc(F)c(C(F)(F)F)c1. The van der Waals surface area contributed by atoms with E-state index >= 15 is 0 Å². The molecule has 4 rings (SSSR count). The summed E-state index contributed by atoms with van der Waals surface area (Å²) in [5.41, 5.74) is -7.27. The van der Waals surface area contributed by atoms with Gasteiger partial charge in [0.2, 0.25) is 0 Å². The molecule has 1 heterocycles. The molecule has 0 spiro atoms. The van der Waals surface area contributed by atoms with Crippen molar-refractivity contribution in [1.82, 2.24) is 10.3 Å². The first-order valence-corrected chi connectivity index (χ1v) is 11.9. The molecule has 214 valence electrons. The molecule has 0 aliphatic heterocycles. The third-order valence-corrected chi connectivity index (χ3v) is 6.38. The van der Waals surface area contributed by atoms with Gasteiger partial charge >= 0.3 is 12.4 Å². The van der Waals surface area contributed by atoms with Crippen molar-refractivity contribution in [3.8, 4) is 0 Å². The number of hydrogen-bond acceptors (Lipinski definition) is 2. The fourth-order valence-corrected chi connectivity index (χ4v) is 4.34. The van der Waals surface area contributed by atoms with Crippen molar-refractivity contribution < 1.29 is 44.3 Å². The molecule has 0 unspecified atom stereocenters. The van der Waals surface area contributed by atoms with Gasteiger partial charge in [-0.25, -0.2) is 13.2 Å². The van der Waals surface area contributed by atoms with Crippen molar-refractivity contribution in [2.45, 2.75) is 24.3 Å². The largest absolute Gasteiger partial charge is 0.419 e. The Morgan fingerprint density at radius 2 is 1.46 bits per heavy atom. The summed E-state index contributed by atoms with van der Waals surface area (Å²) in [6, 6.07) is 10.1. The molecule has 0 saturated heterocycles. The van der Waals surface area contributed by atoms with Gasteiger partial charge in [0, 0.05) is 18.2 Å². The van der Waals surface area contributed by atoms with Gasteiger partial charge < -0.3 is 5.32 Å². The normalized spacial score (nSPS) is 13.5. The van der Waals surface area contributed by atoms with Crippen LogP contribution in [-0.4, -0.2) is 10.9 Å². The summed E-state index contributed by atoms with van der Waals surface area (Å²) in [4.78, 5) is 17.5. The molecule has 0 saturated carbocycles. The Kier molecular flexibility index (Phi) is 8.08. The highest BCUT2D eigenvalue weighted by Gasteiger charge is 2.42. The number of nitrogens with one attached hydrogen (secondary N) is 1. The van der Waals surface area contributed by atoms with Gasteiger partial charge in [0.05, 0.1) is 21.8 Å². The third-order valence-electron chi connectivity index (χ3n) is 6.16. The molecule has 0 fully saturated rings. The van der Waals surface area contributed by atoms with Crippen LogP contribution in [0.2, 0.25) is 5.02 Å². The summed E-state index contributed by atoms with van der Waals surface area (Å²) in [5.74, 6) is -5.24. The Labute approximate surface area is 231 Å². The first kappa shape index (κ1) is 29.9. The Balaban J connectivity index is 2.00. The van der Waals surface area contributed by atoms with Gasteiger partial charge in [-0.1, -0.05) is 29.8 Å². The number of alkyl halides is 6. The maximum Gasteiger partial charge on any atom is 0.419 e. The van der Waals surface area contributed by atoms with Crippen LogP contribution >= 0.6 is 11.6 Å². The number of benzene rings is 3. The minimum Gasteiger partial charge on any atom is -0.337 e. The summed E-state index contributed by atoms with van der Waals surface area (Å²) in [6.45, 7) is 0. The van der Waals surface area contributed by atoms with Crippen LogP contribution in [0, 0.1) is 17.5 Å². The molecule has 1 amide bonds. The second-order valence-corrected chi connectivity index (χ2v) is 9.34. The second-order valence-electron chi connectivity index (χ2n) is 8.91. The fraction of sp³-hybridized carbons (Fsp3) is 0.143. The number of nitrogens with zero attached hydrogens (tertiary/aromatic N) is 1.